The zero-order valence-electron chi connectivity index (χ0n) is 16.4. The lowest BCUT2D eigenvalue weighted by atomic mass is 10.2. The number of aryl methyl sites for hydroxylation is 2. The van der Waals surface area contributed by atoms with Crippen molar-refractivity contribution in [3.05, 3.63) is 93.9 Å². The number of halogens is 1. The fourth-order valence-electron chi connectivity index (χ4n) is 2.59. The van der Waals surface area contributed by atoms with Crippen molar-refractivity contribution in [3.63, 3.8) is 0 Å². The maximum absolute atomic E-state index is 4.75. The van der Waals surface area contributed by atoms with E-state index < -0.39 is 0 Å². The molecule has 5 rings (SSSR count). The molecule has 0 amide bonds. The van der Waals surface area contributed by atoms with E-state index in [1.54, 1.807) is 17.5 Å². The molecular weight excluding hydrogens is 480 g/mol. The molecule has 6 nitrogen and oxygen atoms in total. The third-order valence-corrected chi connectivity index (χ3v) is 5.65. The molecule has 153 valence electrons. The lowest BCUT2D eigenvalue weighted by Crippen LogP contribution is -2.44. The van der Waals surface area contributed by atoms with E-state index in [0.29, 0.717) is 0 Å². The van der Waals surface area contributed by atoms with Gasteiger partial charge >= 0.3 is 0 Å². The number of benzene rings is 2. The maximum Gasteiger partial charge on any atom is 0.230 e. The first-order valence-electron chi connectivity index (χ1n) is 8.98. The van der Waals surface area contributed by atoms with E-state index in [4.69, 9.17) is 5.10 Å². The van der Waals surface area contributed by atoms with Gasteiger partial charge < -0.3 is 0 Å². The van der Waals surface area contributed by atoms with Gasteiger partial charge in [-0.2, -0.15) is 5.12 Å². The van der Waals surface area contributed by atoms with Crippen molar-refractivity contribution >= 4 is 56.3 Å². The summed E-state index contributed by atoms with van der Waals surface area (Å²) < 4.78 is 0. The van der Waals surface area contributed by atoms with Crippen LogP contribution in [0.5, 0.6) is 0 Å². The van der Waals surface area contributed by atoms with Crippen molar-refractivity contribution in [2.45, 2.75) is 13.8 Å². The first-order valence-corrected chi connectivity index (χ1v) is 10.7. The molecule has 2 aromatic heterocycles. The van der Waals surface area contributed by atoms with Gasteiger partial charge in [0.25, 0.3) is 0 Å². The number of nitrogens with zero attached hydrogens (tertiary/aromatic N) is 5. The number of para-hydroxylation sites is 1. The standard InChI is InChI=1S/C18H17N5S.C3H2NS.BrH/c1-13-14(2)24-18(19-13)23-21-17(15-9-5-3-6-10-15)20-22(23)16-11-7-4-8-12-16;1-2-5-3-4-1;/h3-12H,1-2H3,(H,20,21);1-2H;1H. The average Bonchev–Trinajstić information content (AvgIpc) is 3.52. The molecule has 30 heavy (non-hydrogen) atoms. The van der Waals surface area contributed by atoms with Gasteiger partial charge in [0.2, 0.25) is 5.13 Å². The molecule has 0 fully saturated rings. The smallest absolute Gasteiger partial charge is 0.230 e. The molecule has 3 heterocycles. The fourth-order valence-corrected chi connectivity index (χ4v) is 3.75. The van der Waals surface area contributed by atoms with Crippen LogP contribution in [0.15, 0.2) is 77.3 Å². The van der Waals surface area contributed by atoms with Crippen LogP contribution in [-0.2, 0) is 0 Å². The van der Waals surface area contributed by atoms with Gasteiger partial charge in [-0.25, -0.2) is 9.97 Å². The first kappa shape index (κ1) is 21.9. The normalized spacial score (nSPS) is 12.4. The molecule has 1 radical (unpaired) electrons. The van der Waals surface area contributed by atoms with Crippen molar-refractivity contribution in [2.24, 2.45) is 5.10 Å². The minimum Gasteiger partial charge on any atom is -0.259 e. The summed E-state index contributed by atoms with van der Waals surface area (Å²) in [6.07, 6.45) is 1.71. The van der Waals surface area contributed by atoms with Crippen molar-refractivity contribution in [1.29, 1.82) is 0 Å². The molecule has 1 N–H and O–H groups in total. The SMILES string of the molecule is Br.Cc1nc(N2N=C(c3ccccc3)NN2c2ccccc2)sc1C.[c]1nccs1. The molecule has 9 heteroatoms. The summed E-state index contributed by atoms with van der Waals surface area (Å²) in [4.78, 5) is 9.46. The number of hydrazone groups is 1. The number of rotatable bonds is 3. The number of amidine groups is 1. The molecule has 1 aliphatic rings. The van der Waals surface area contributed by atoms with Crippen molar-refractivity contribution < 1.29 is 0 Å². The van der Waals surface area contributed by atoms with Crippen molar-refractivity contribution in [1.82, 2.24) is 15.4 Å². The fraction of sp³-hybridized carbons (Fsp3) is 0.0952. The third-order valence-electron chi connectivity index (χ3n) is 4.14. The minimum absolute atomic E-state index is 0. The molecule has 0 spiro atoms. The molecule has 4 aromatic rings. The molecule has 0 atom stereocenters. The highest BCUT2D eigenvalue weighted by Gasteiger charge is 2.28. The van der Waals surface area contributed by atoms with Gasteiger partial charge in [0, 0.05) is 22.0 Å². The molecule has 0 saturated carbocycles. The Hall–Kier alpha value is -2.75. The highest BCUT2D eigenvalue weighted by atomic mass is 79.9. The predicted molar refractivity (Wildman–Crippen MR) is 130 cm³/mol. The van der Waals surface area contributed by atoms with E-state index >= 15 is 0 Å². The van der Waals surface area contributed by atoms with Crippen molar-refractivity contribution in [2.75, 3.05) is 10.2 Å². The molecule has 0 unspecified atom stereocenters. The summed E-state index contributed by atoms with van der Waals surface area (Å²) in [5.74, 6) is 0.796. The Balaban J connectivity index is 0.000000376. The summed E-state index contributed by atoms with van der Waals surface area (Å²) >= 11 is 3.11. The Morgan fingerprint density at radius 3 is 2.20 bits per heavy atom. The number of hydrogen-bond acceptors (Lipinski definition) is 8. The second kappa shape index (κ2) is 10.3. The predicted octanol–water partition coefficient (Wildman–Crippen LogP) is 5.39. The second-order valence-corrected chi connectivity index (χ2v) is 8.00. The summed E-state index contributed by atoms with van der Waals surface area (Å²) in [7, 11) is 0. The number of thiazole rings is 2. The van der Waals surface area contributed by atoms with E-state index in [1.807, 2.05) is 83.2 Å². The summed E-state index contributed by atoms with van der Waals surface area (Å²) in [6, 6.07) is 20.2. The molecular formula is C21H20BrN6S2. The van der Waals surface area contributed by atoms with E-state index in [2.05, 4.69) is 27.8 Å². The Labute approximate surface area is 194 Å². The van der Waals surface area contributed by atoms with E-state index in [9.17, 15) is 0 Å². The topological polar surface area (TPSA) is 56.7 Å². The molecule has 2 aromatic carbocycles. The van der Waals surface area contributed by atoms with Gasteiger partial charge in [-0.3, -0.25) is 5.43 Å². The number of hydrogen-bond donors (Lipinski definition) is 1. The number of aromatic nitrogens is 2. The van der Waals surface area contributed by atoms with Crippen molar-refractivity contribution in [3.8, 4) is 0 Å². The molecule has 0 saturated heterocycles. The lowest BCUT2D eigenvalue weighted by molar-refractivity contribution is 0.766. The first-order chi connectivity index (χ1) is 14.2. The Morgan fingerprint density at radius 1 is 0.967 bits per heavy atom. The van der Waals surface area contributed by atoms with Gasteiger partial charge in [-0.05, 0) is 26.0 Å². The Bertz CT molecular complexity index is 1030. The van der Waals surface area contributed by atoms with Crippen LogP contribution in [0.25, 0.3) is 0 Å². The highest BCUT2D eigenvalue weighted by molar-refractivity contribution is 8.93. The highest BCUT2D eigenvalue weighted by Crippen LogP contribution is 2.30. The van der Waals surface area contributed by atoms with Crippen LogP contribution < -0.4 is 15.7 Å². The molecule has 0 aliphatic carbocycles. The van der Waals surface area contributed by atoms with Crippen LogP contribution in [0, 0.1) is 19.4 Å². The molecule has 1 aliphatic heterocycles. The Morgan fingerprint density at radius 2 is 1.67 bits per heavy atom. The quantitative estimate of drug-likeness (QED) is 0.409. The summed E-state index contributed by atoms with van der Waals surface area (Å²) in [6.45, 7) is 4.10. The van der Waals surface area contributed by atoms with E-state index in [0.717, 1.165) is 27.9 Å². The number of hydrazine groups is 2. The Kier molecular flexibility index (Phi) is 7.56. The van der Waals surface area contributed by atoms with Crippen LogP contribution in [0.3, 0.4) is 0 Å². The molecule has 0 bridgehead atoms. The lowest BCUT2D eigenvalue weighted by Gasteiger charge is -2.25. The third kappa shape index (κ3) is 5.05. The minimum atomic E-state index is 0. The summed E-state index contributed by atoms with van der Waals surface area (Å²) in [5.41, 5.74) is 9.09. The van der Waals surface area contributed by atoms with Gasteiger partial charge in [-0.15, -0.1) is 38.5 Å². The zero-order chi connectivity index (χ0) is 20.1. The maximum atomic E-state index is 4.75. The van der Waals surface area contributed by atoms with Gasteiger partial charge in [0.1, 0.15) is 0 Å². The average molecular weight is 500 g/mol. The van der Waals surface area contributed by atoms with Crippen LogP contribution in [0.4, 0.5) is 10.8 Å². The van der Waals surface area contributed by atoms with Crippen LogP contribution in [0.1, 0.15) is 16.1 Å². The van der Waals surface area contributed by atoms with E-state index in [-0.39, 0.29) is 17.0 Å². The van der Waals surface area contributed by atoms with Crippen LogP contribution in [-0.4, -0.2) is 15.8 Å². The van der Waals surface area contributed by atoms with Gasteiger partial charge in [-0.1, -0.05) is 59.9 Å². The largest absolute Gasteiger partial charge is 0.259 e. The second-order valence-electron chi connectivity index (χ2n) is 6.12. The van der Waals surface area contributed by atoms with Gasteiger partial charge in [0.05, 0.1) is 11.4 Å². The van der Waals surface area contributed by atoms with Crippen LogP contribution >= 0.6 is 39.7 Å². The van der Waals surface area contributed by atoms with E-state index in [1.165, 1.54) is 16.2 Å². The van der Waals surface area contributed by atoms with Crippen LogP contribution in [0.2, 0.25) is 0 Å². The number of nitrogens with one attached hydrogen (secondary N) is 1. The monoisotopic (exact) mass is 499 g/mol. The summed E-state index contributed by atoms with van der Waals surface area (Å²) in [5, 5.41) is 11.2. The number of anilines is 2. The zero-order valence-corrected chi connectivity index (χ0v) is 19.7. The van der Waals surface area contributed by atoms with Gasteiger partial charge in [0.15, 0.2) is 11.3 Å².